The molecule has 0 aliphatic rings. The van der Waals surface area contributed by atoms with Crippen LogP contribution in [0, 0.1) is 11.6 Å². The van der Waals surface area contributed by atoms with Crippen LogP contribution in [0.3, 0.4) is 0 Å². The first-order valence-electron chi connectivity index (χ1n) is 5.16. The van der Waals surface area contributed by atoms with Crippen molar-refractivity contribution in [1.82, 2.24) is 14.4 Å². The van der Waals surface area contributed by atoms with Gasteiger partial charge in [-0.2, -0.15) is 0 Å². The summed E-state index contributed by atoms with van der Waals surface area (Å²) in [7, 11) is -3.71. The van der Waals surface area contributed by atoms with Gasteiger partial charge in [0.2, 0.25) is 0 Å². The summed E-state index contributed by atoms with van der Waals surface area (Å²) >= 11 is 0. The fourth-order valence-corrected chi connectivity index (χ4v) is 1.74. The molecule has 7 nitrogen and oxygen atoms in total. The van der Waals surface area contributed by atoms with Crippen LogP contribution in [0.2, 0.25) is 0 Å². The Morgan fingerprint density at radius 1 is 1.35 bits per heavy atom. The Bertz CT molecular complexity index is 773. The monoisotopic (exact) mass is 302 g/mol. The first kappa shape index (κ1) is 14.1. The van der Waals surface area contributed by atoms with Crippen LogP contribution in [0.1, 0.15) is 10.5 Å². The molecule has 2 rings (SSSR count). The van der Waals surface area contributed by atoms with E-state index in [9.17, 15) is 22.0 Å². The summed E-state index contributed by atoms with van der Waals surface area (Å²) < 4.78 is 48.6. The third kappa shape index (κ3) is 2.96. The van der Waals surface area contributed by atoms with E-state index in [-0.39, 0.29) is 11.4 Å². The highest BCUT2D eigenvalue weighted by Gasteiger charge is 2.16. The van der Waals surface area contributed by atoms with Crippen molar-refractivity contribution in [2.75, 3.05) is 11.6 Å². The van der Waals surface area contributed by atoms with Crippen molar-refractivity contribution in [3.05, 3.63) is 41.7 Å². The lowest BCUT2D eigenvalue weighted by Crippen LogP contribution is -2.17. The molecule has 20 heavy (non-hydrogen) atoms. The topological polar surface area (TPSA) is 94.0 Å². The van der Waals surface area contributed by atoms with Crippen LogP contribution in [-0.4, -0.2) is 35.0 Å². The molecule has 2 aromatic rings. The van der Waals surface area contributed by atoms with Crippen LogP contribution in [0.5, 0.6) is 0 Å². The zero-order valence-electron chi connectivity index (χ0n) is 10.0. The molecule has 1 aromatic heterocycles. The fourth-order valence-electron chi connectivity index (χ4n) is 1.29. The summed E-state index contributed by atoms with van der Waals surface area (Å²) in [6.45, 7) is 0. The summed E-state index contributed by atoms with van der Waals surface area (Å²) in [5.74, 6) is -2.62. The Hall–Kier alpha value is -2.36. The average Bonchev–Trinajstić information content (AvgIpc) is 2.82. The smallest absolute Gasteiger partial charge is 0.277 e. The van der Waals surface area contributed by atoms with Crippen molar-refractivity contribution >= 4 is 21.6 Å². The van der Waals surface area contributed by atoms with Crippen molar-refractivity contribution in [3.63, 3.8) is 0 Å². The van der Waals surface area contributed by atoms with Crippen molar-refractivity contribution in [2.24, 2.45) is 0 Å². The molecule has 0 unspecified atom stereocenters. The summed E-state index contributed by atoms with van der Waals surface area (Å²) in [5.41, 5.74) is -0.579. The maximum atomic E-state index is 13.3. The summed E-state index contributed by atoms with van der Waals surface area (Å²) in [6, 6.07) is 2.60. The zero-order chi connectivity index (χ0) is 14.9. The molecule has 10 heteroatoms. The molecular formula is C10H8F2N4O3S. The van der Waals surface area contributed by atoms with E-state index in [1.165, 1.54) is 0 Å². The number of hydrogen-bond donors (Lipinski definition) is 1. The molecule has 0 radical (unpaired) electrons. The molecule has 0 bridgehead atoms. The number of rotatable bonds is 3. The van der Waals surface area contributed by atoms with Gasteiger partial charge in [0.25, 0.3) is 15.9 Å². The predicted molar refractivity (Wildman–Crippen MR) is 64.6 cm³/mol. The summed E-state index contributed by atoms with van der Waals surface area (Å²) in [4.78, 5) is 11.7. The van der Waals surface area contributed by atoms with Gasteiger partial charge in [-0.3, -0.25) is 4.79 Å². The first-order valence-corrected chi connectivity index (χ1v) is 7.01. The van der Waals surface area contributed by atoms with Gasteiger partial charge in [-0.25, -0.2) is 17.2 Å². The Balaban J connectivity index is 2.22. The predicted octanol–water partition coefficient (Wildman–Crippen LogP) is 0.616. The lowest BCUT2D eigenvalue weighted by atomic mass is 10.3. The van der Waals surface area contributed by atoms with Gasteiger partial charge in [0.1, 0.15) is 11.6 Å². The van der Waals surface area contributed by atoms with E-state index < -0.39 is 27.6 Å². The number of halogens is 2. The fraction of sp³-hybridized carbons (Fsp3) is 0.100. The zero-order valence-corrected chi connectivity index (χ0v) is 10.9. The summed E-state index contributed by atoms with van der Waals surface area (Å²) in [6.07, 6.45) is 1.77. The molecule has 106 valence electrons. The maximum absolute atomic E-state index is 13.3. The van der Waals surface area contributed by atoms with Crippen molar-refractivity contribution in [2.45, 2.75) is 0 Å². The van der Waals surface area contributed by atoms with E-state index in [1.807, 2.05) is 0 Å². The molecule has 1 N–H and O–H groups in total. The van der Waals surface area contributed by atoms with E-state index in [4.69, 9.17) is 0 Å². The van der Waals surface area contributed by atoms with Crippen molar-refractivity contribution in [3.8, 4) is 0 Å². The molecule has 0 atom stereocenters. The van der Waals surface area contributed by atoms with Crippen LogP contribution >= 0.6 is 0 Å². The Kier molecular flexibility index (Phi) is 3.49. The molecule has 1 aromatic carbocycles. The number of nitrogens with one attached hydrogen (secondary N) is 1. The van der Waals surface area contributed by atoms with Gasteiger partial charge in [-0.1, -0.05) is 4.20 Å². The lowest BCUT2D eigenvalue weighted by Gasteiger charge is -2.03. The van der Waals surface area contributed by atoms with E-state index in [0.29, 0.717) is 10.3 Å². The van der Waals surface area contributed by atoms with E-state index in [0.717, 1.165) is 24.6 Å². The molecular weight excluding hydrogens is 294 g/mol. The number of amides is 1. The highest BCUT2D eigenvalue weighted by molar-refractivity contribution is 7.88. The van der Waals surface area contributed by atoms with E-state index >= 15 is 0 Å². The third-order valence-electron chi connectivity index (χ3n) is 2.18. The van der Waals surface area contributed by atoms with Gasteiger partial charge in [-0.05, 0) is 12.1 Å². The number of carbonyl (C=O) groups excluding carboxylic acids is 1. The first-order chi connectivity index (χ1) is 9.27. The van der Waals surface area contributed by atoms with Gasteiger partial charge >= 0.3 is 0 Å². The van der Waals surface area contributed by atoms with Gasteiger partial charge in [0.15, 0.2) is 5.69 Å². The SMILES string of the molecule is CS(=O)(=O)n1ncc(C(=O)Nc2ccc(F)cc2F)n1. The Labute approximate surface area is 112 Å². The molecule has 0 fully saturated rings. The maximum Gasteiger partial charge on any atom is 0.277 e. The van der Waals surface area contributed by atoms with E-state index in [2.05, 4.69) is 15.5 Å². The normalized spacial score (nSPS) is 11.3. The Morgan fingerprint density at radius 3 is 2.60 bits per heavy atom. The quantitative estimate of drug-likeness (QED) is 0.897. The molecule has 0 aliphatic carbocycles. The van der Waals surface area contributed by atoms with Gasteiger partial charge in [0.05, 0.1) is 18.1 Å². The van der Waals surface area contributed by atoms with Crippen LogP contribution < -0.4 is 5.32 Å². The van der Waals surface area contributed by atoms with Crippen LogP contribution in [0.4, 0.5) is 14.5 Å². The van der Waals surface area contributed by atoms with E-state index in [1.54, 1.807) is 0 Å². The third-order valence-corrected chi connectivity index (χ3v) is 2.95. The number of carbonyl (C=O) groups is 1. The molecule has 0 aliphatic heterocycles. The van der Waals surface area contributed by atoms with Gasteiger partial charge < -0.3 is 5.32 Å². The number of hydrogen-bond acceptors (Lipinski definition) is 5. The number of anilines is 1. The number of nitrogens with zero attached hydrogens (tertiary/aromatic N) is 3. The molecule has 0 saturated carbocycles. The standard InChI is InChI=1S/C10H8F2N4O3S/c1-20(18,19)16-13-5-9(15-16)10(17)14-8-3-2-6(11)4-7(8)12/h2-5H,1H3,(H,14,17). The molecule has 1 heterocycles. The van der Waals surface area contributed by atoms with Crippen LogP contribution in [0.15, 0.2) is 24.4 Å². The largest absolute Gasteiger partial charge is 0.318 e. The number of benzene rings is 1. The minimum absolute atomic E-state index is 0.259. The second-order valence-electron chi connectivity index (χ2n) is 3.79. The second-order valence-corrected chi connectivity index (χ2v) is 5.59. The van der Waals surface area contributed by atoms with Crippen LogP contribution in [-0.2, 0) is 10.0 Å². The second kappa shape index (κ2) is 4.96. The Morgan fingerprint density at radius 2 is 2.05 bits per heavy atom. The van der Waals surface area contributed by atoms with Crippen LogP contribution in [0.25, 0.3) is 0 Å². The average molecular weight is 302 g/mol. The molecule has 0 saturated heterocycles. The van der Waals surface area contributed by atoms with Gasteiger partial charge in [-0.15, -0.1) is 10.2 Å². The summed E-state index contributed by atoms with van der Waals surface area (Å²) in [5, 5.41) is 8.95. The lowest BCUT2D eigenvalue weighted by molar-refractivity contribution is 0.102. The molecule has 0 spiro atoms. The van der Waals surface area contributed by atoms with Gasteiger partial charge in [0, 0.05) is 6.07 Å². The molecule has 1 amide bonds. The number of aromatic nitrogens is 3. The highest BCUT2D eigenvalue weighted by atomic mass is 32.2. The van der Waals surface area contributed by atoms with Crippen molar-refractivity contribution < 1.29 is 22.0 Å². The highest BCUT2D eigenvalue weighted by Crippen LogP contribution is 2.15. The van der Waals surface area contributed by atoms with Crippen molar-refractivity contribution in [1.29, 1.82) is 0 Å². The minimum Gasteiger partial charge on any atom is -0.318 e. The minimum atomic E-state index is -3.71.